The van der Waals surface area contributed by atoms with Gasteiger partial charge in [0.15, 0.2) is 0 Å². The molecule has 0 aliphatic carbocycles. The summed E-state index contributed by atoms with van der Waals surface area (Å²) in [6.45, 7) is 6.17. The third-order valence-electron chi connectivity index (χ3n) is 3.12. The van der Waals surface area contributed by atoms with Crippen LogP contribution in [0.25, 0.3) is 0 Å². The molecule has 0 saturated heterocycles. The van der Waals surface area contributed by atoms with E-state index in [1.807, 2.05) is 19.9 Å². The van der Waals surface area contributed by atoms with Crippen molar-refractivity contribution in [1.82, 2.24) is 5.32 Å². The Bertz CT molecular complexity index is 260. The van der Waals surface area contributed by atoms with Crippen LogP contribution in [0.3, 0.4) is 0 Å². The molecule has 0 spiro atoms. The van der Waals surface area contributed by atoms with Crippen LogP contribution in [0.4, 0.5) is 0 Å². The second-order valence-corrected chi connectivity index (χ2v) is 4.29. The Morgan fingerprint density at radius 2 is 2.19 bits per heavy atom. The maximum absolute atomic E-state index is 11.8. The van der Waals surface area contributed by atoms with Crippen LogP contribution >= 0.6 is 0 Å². The van der Waals surface area contributed by atoms with E-state index in [1.54, 1.807) is 6.92 Å². The molecule has 0 aromatic carbocycles. The van der Waals surface area contributed by atoms with E-state index >= 15 is 0 Å². The van der Waals surface area contributed by atoms with Crippen molar-refractivity contribution in [3.8, 4) is 6.07 Å². The number of hydrogen-bond acceptors (Lipinski definition) is 3. The van der Waals surface area contributed by atoms with E-state index in [9.17, 15) is 4.79 Å². The third kappa shape index (κ3) is 4.19. The van der Waals surface area contributed by atoms with Crippen molar-refractivity contribution in [2.45, 2.75) is 40.0 Å². The van der Waals surface area contributed by atoms with Crippen LogP contribution in [-0.4, -0.2) is 24.2 Å². The Morgan fingerprint density at radius 1 is 1.56 bits per heavy atom. The second-order valence-electron chi connectivity index (χ2n) is 4.29. The zero-order valence-electron chi connectivity index (χ0n) is 10.4. The van der Waals surface area contributed by atoms with Gasteiger partial charge in [-0.25, -0.2) is 0 Å². The van der Waals surface area contributed by atoms with E-state index in [1.165, 1.54) is 0 Å². The summed E-state index contributed by atoms with van der Waals surface area (Å²) in [6, 6.07) is 2.04. The Hall–Kier alpha value is -1.08. The molecule has 1 amide bonds. The highest BCUT2D eigenvalue weighted by Gasteiger charge is 2.31. The Morgan fingerprint density at radius 3 is 2.56 bits per heavy atom. The number of nitriles is 1. The fourth-order valence-corrected chi connectivity index (χ4v) is 1.36. The van der Waals surface area contributed by atoms with E-state index in [0.717, 1.165) is 6.42 Å². The lowest BCUT2D eigenvalue weighted by molar-refractivity contribution is -0.127. The predicted octanol–water partition coefficient (Wildman–Crippen LogP) is 1.45. The van der Waals surface area contributed by atoms with Gasteiger partial charge in [0.05, 0.1) is 6.07 Å². The van der Waals surface area contributed by atoms with Gasteiger partial charge in [0.1, 0.15) is 5.41 Å². The van der Waals surface area contributed by atoms with Crippen LogP contribution in [0, 0.1) is 22.7 Å². The summed E-state index contributed by atoms with van der Waals surface area (Å²) in [4.78, 5) is 11.8. The Kier molecular flexibility index (Phi) is 6.75. The average molecular weight is 226 g/mol. The lowest BCUT2D eigenvalue weighted by atomic mass is 9.88. The molecule has 2 atom stereocenters. The molecule has 0 radical (unpaired) electrons. The second kappa shape index (κ2) is 7.24. The van der Waals surface area contributed by atoms with Crippen LogP contribution in [-0.2, 0) is 4.79 Å². The zero-order chi connectivity index (χ0) is 12.6. The molecule has 0 bridgehead atoms. The smallest absolute Gasteiger partial charge is 0.240 e. The maximum Gasteiger partial charge on any atom is 0.240 e. The first-order valence-electron chi connectivity index (χ1n) is 5.84. The molecule has 0 aliphatic rings. The number of nitrogens with one attached hydrogen (secondary N) is 1. The first kappa shape index (κ1) is 14.9. The van der Waals surface area contributed by atoms with Crippen molar-refractivity contribution in [2.75, 3.05) is 13.2 Å². The topological polar surface area (TPSA) is 73.1 Å². The average Bonchev–Trinajstić information content (AvgIpc) is 2.32. The van der Waals surface area contributed by atoms with Crippen molar-refractivity contribution in [2.24, 2.45) is 11.3 Å². The van der Waals surface area contributed by atoms with Crippen molar-refractivity contribution in [3.63, 3.8) is 0 Å². The predicted molar refractivity (Wildman–Crippen MR) is 62.5 cm³/mol. The van der Waals surface area contributed by atoms with Gasteiger partial charge in [0.25, 0.3) is 0 Å². The quantitative estimate of drug-likeness (QED) is 0.690. The van der Waals surface area contributed by atoms with E-state index in [0.29, 0.717) is 19.4 Å². The van der Waals surface area contributed by atoms with Crippen LogP contribution in [0.15, 0.2) is 0 Å². The first-order chi connectivity index (χ1) is 7.53. The van der Waals surface area contributed by atoms with Crippen molar-refractivity contribution in [3.05, 3.63) is 0 Å². The number of aliphatic hydroxyl groups excluding tert-OH is 1. The Labute approximate surface area is 97.7 Å². The minimum Gasteiger partial charge on any atom is -0.396 e. The fourth-order valence-electron chi connectivity index (χ4n) is 1.36. The van der Waals surface area contributed by atoms with E-state index in [4.69, 9.17) is 10.4 Å². The SMILES string of the molecule is CCC(CCO)CNC(=O)C(C)(C#N)CC. The highest BCUT2D eigenvalue weighted by Crippen LogP contribution is 2.19. The molecule has 16 heavy (non-hydrogen) atoms. The molecular weight excluding hydrogens is 204 g/mol. The molecule has 92 valence electrons. The number of hydrogen-bond donors (Lipinski definition) is 2. The number of carbonyl (C=O) groups is 1. The zero-order valence-corrected chi connectivity index (χ0v) is 10.4. The summed E-state index contributed by atoms with van der Waals surface area (Å²) >= 11 is 0. The summed E-state index contributed by atoms with van der Waals surface area (Å²) in [6.07, 6.45) is 2.11. The number of nitrogens with zero attached hydrogens (tertiary/aromatic N) is 1. The van der Waals surface area contributed by atoms with Gasteiger partial charge in [0.2, 0.25) is 5.91 Å². The van der Waals surface area contributed by atoms with Crippen LogP contribution < -0.4 is 5.32 Å². The highest BCUT2D eigenvalue weighted by molar-refractivity contribution is 5.84. The number of aliphatic hydroxyl groups is 1. The van der Waals surface area contributed by atoms with E-state index in [-0.39, 0.29) is 18.4 Å². The van der Waals surface area contributed by atoms with E-state index in [2.05, 4.69) is 5.32 Å². The van der Waals surface area contributed by atoms with Gasteiger partial charge >= 0.3 is 0 Å². The van der Waals surface area contributed by atoms with Crippen LogP contribution in [0.2, 0.25) is 0 Å². The number of amides is 1. The first-order valence-corrected chi connectivity index (χ1v) is 5.84. The molecule has 2 N–H and O–H groups in total. The minimum atomic E-state index is -0.933. The van der Waals surface area contributed by atoms with Gasteiger partial charge in [-0.05, 0) is 25.7 Å². The molecule has 0 fully saturated rings. The summed E-state index contributed by atoms with van der Waals surface area (Å²) in [5.41, 5.74) is -0.933. The van der Waals surface area contributed by atoms with Crippen molar-refractivity contribution < 1.29 is 9.90 Å². The van der Waals surface area contributed by atoms with Gasteiger partial charge < -0.3 is 10.4 Å². The normalized spacial score (nSPS) is 15.9. The summed E-state index contributed by atoms with van der Waals surface area (Å²) in [5.74, 6) is 0.0719. The molecule has 4 heteroatoms. The number of carbonyl (C=O) groups excluding carboxylic acids is 1. The van der Waals surface area contributed by atoms with Gasteiger partial charge in [-0.1, -0.05) is 20.3 Å². The molecule has 2 unspecified atom stereocenters. The van der Waals surface area contributed by atoms with E-state index < -0.39 is 5.41 Å². The van der Waals surface area contributed by atoms with Gasteiger partial charge in [-0.3, -0.25) is 4.79 Å². The molecule has 0 aromatic rings. The maximum atomic E-state index is 11.8. The monoisotopic (exact) mass is 226 g/mol. The fraction of sp³-hybridized carbons (Fsp3) is 0.833. The summed E-state index contributed by atoms with van der Waals surface area (Å²) in [7, 11) is 0. The summed E-state index contributed by atoms with van der Waals surface area (Å²) in [5, 5.41) is 20.5. The molecular formula is C12H22N2O2. The molecule has 4 nitrogen and oxygen atoms in total. The standard InChI is InChI=1S/C12H22N2O2/c1-4-10(6-7-15)8-14-11(16)12(3,5-2)9-13/h10,15H,4-8H2,1-3H3,(H,14,16). The number of rotatable bonds is 7. The van der Waals surface area contributed by atoms with Gasteiger partial charge in [0, 0.05) is 13.2 Å². The Balaban J connectivity index is 4.20. The minimum absolute atomic E-state index is 0.137. The molecule has 0 rings (SSSR count). The highest BCUT2D eigenvalue weighted by atomic mass is 16.3. The van der Waals surface area contributed by atoms with Crippen LogP contribution in [0.1, 0.15) is 40.0 Å². The molecule has 0 saturated carbocycles. The van der Waals surface area contributed by atoms with Gasteiger partial charge in [-0.2, -0.15) is 5.26 Å². The van der Waals surface area contributed by atoms with Crippen LogP contribution in [0.5, 0.6) is 0 Å². The molecule has 0 aromatic heterocycles. The summed E-state index contributed by atoms with van der Waals surface area (Å²) < 4.78 is 0. The molecule has 0 heterocycles. The lowest BCUT2D eigenvalue weighted by Crippen LogP contribution is -2.40. The lowest BCUT2D eigenvalue weighted by Gasteiger charge is -2.21. The third-order valence-corrected chi connectivity index (χ3v) is 3.12. The van der Waals surface area contributed by atoms with Gasteiger partial charge in [-0.15, -0.1) is 0 Å². The van der Waals surface area contributed by atoms with Crippen molar-refractivity contribution >= 4 is 5.91 Å². The largest absolute Gasteiger partial charge is 0.396 e. The van der Waals surface area contributed by atoms with Crippen molar-refractivity contribution in [1.29, 1.82) is 5.26 Å². The molecule has 0 aliphatic heterocycles.